The molecule has 0 aromatic heterocycles. The first-order chi connectivity index (χ1) is 8.43. The number of carbonyl (C=O) groups is 1. The minimum absolute atomic E-state index is 0.0342. The number of nitrogens with zero attached hydrogens (tertiary/aromatic N) is 1. The smallest absolute Gasteiger partial charge is 0.311 e. The molecule has 0 N–H and O–H groups in total. The van der Waals surface area contributed by atoms with E-state index in [1.807, 2.05) is 0 Å². The van der Waals surface area contributed by atoms with Crippen molar-refractivity contribution in [1.82, 2.24) is 0 Å². The van der Waals surface area contributed by atoms with Gasteiger partial charge in [-0.1, -0.05) is 0 Å². The maximum absolute atomic E-state index is 10.9. The standard InChI is InChI=1S/C12H15NO5/c1-8(14)6-9(2)18-12-7-10(17-3)4-5-11(12)13(15)16/h4-5,7,9H,6H2,1-3H3. The van der Waals surface area contributed by atoms with E-state index in [0.29, 0.717) is 5.75 Å². The molecule has 1 rings (SSSR count). The van der Waals surface area contributed by atoms with E-state index in [-0.39, 0.29) is 23.6 Å². The minimum atomic E-state index is -0.532. The number of carbonyl (C=O) groups excluding carboxylic acids is 1. The molecule has 0 fully saturated rings. The molecule has 98 valence electrons. The van der Waals surface area contributed by atoms with Crippen LogP contribution in [0.2, 0.25) is 0 Å². The van der Waals surface area contributed by atoms with Crippen LogP contribution in [0, 0.1) is 10.1 Å². The number of ketones is 1. The van der Waals surface area contributed by atoms with Gasteiger partial charge in [0.25, 0.3) is 0 Å². The lowest BCUT2D eigenvalue weighted by atomic mass is 10.2. The maximum Gasteiger partial charge on any atom is 0.311 e. The van der Waals surface area contributed by atoms with Crippen LogP contribution in [-0.4, -0.2) is 23.9 Å². The van der Waals surface area contributed by atoms with Crippen LogP contribution >= 0.6 is 0 Å². The molecule has 0 aliphatic heterocycles. The van der Waals surface area contributed by atoms with Gasteiger partial charge in [0.1, 0.15) is 17.6 Å². The fourth-order valence-electron chi connectivity index (χ4n) is 1.53. The van der Waals surface area contributed by atoms with E-state index in [0.717, 1.165) is 0 Å². The lowest BCUT2D eigenvalue weighted by Crippen LogP contribution is -2.16. The van der Waals surface area contributed by atoms with Crippen molar-refractivity contribution in [3.05, 3.63) is 28.3 Å². The van der Waals surface area contributed by atoms with Crippen molar-refractivity contribution in [1.29, 1.82) is 0 Å². The number of benzene rings is 1. The highest BCUT2D eigenvalue weighted by molar-refractivity contribution is 5.76. The molecule has 0 aliphatic carbocycles. The molecule has 18 heavy (non-hydrogen) atoms. The van der Waals surface area contributed by atoms with E-state index in [2.05, 4.69) is 0 Å². The van der Waals surface area contributed by atoms with Gasteiger partial charge in [-0.3, -0.25) is 14.9 Å². The van der Waals surface area contributed by atoms with Crippen LogP contribution in [0.4, 0.5) is 5.69 Å². The van der Waals surface area contributed by atoms with Gasteiger partial charge in [-0.05, 0) is 19.9 Å². The number of methoxy groups -OCH3 is 1. The van der Waals surface area contributed by atoms with Crippen molar-refractivity contribution >= 4 is 11.5 Å². The molecule has 1 unspecified atom stereocenters. The fraction of sp³-hybridized carbons (Fsp3) is 0.417. The van der Waals surface area contributed by atoms with Crippen LogP contribution in [-0.2, 0) is 4.79 Å². The Morgan fingerprint density at radius 2 is 2.17 bits per heavy atom. The molecular formula is C12H15NO5. The number of rotatable bonds is 6. The zero-order valence-corrected chi connectivity index (χ0v) is 10.5. The lowest BCUT2D eigenvalue weighted by molar-refractivity contribution is -0.386. The van der Waals surface area contributed by atoms with Crippen molar-refractivity contribution in [3.8, 4) is 11.5 Å². The Morgan fingerprint density at radius 1 is 1.50 bits per heavy atom. The molecule has 6 nitrogen and oxygen atoms in total. The Hall–Kier alpha value is -2.11. The average molecular weight is 253 g/mol. The Bertz CT molecular complexity index is 458. The van der Waals surface area contributed by atoms with Gasteiger partial charge in [0, 0.05) is 18.6 Å². The minimum Gasteiger partial charge on any atom is -0.497 e. The monoisotopic (exact) mass is 253 g/mol. The van der Waals surface area contributed by atoms with Gasteiger partial charge in [0.05, 0.1) is 12.0 Å². The van der Waals surface area contributed by atoms with E-state index in [4.69, 9.17) is 9.47 Å². The molecule has 1 atom stereocenters. The summed E-state index contributed by atoms with van der Waals surface area (Å²) < 4.78 is 10.4. The SMILES string of the molecule is COc1ccc([N+](=O)[O-])c(OC(C)CC(C)=O)c1. The van der Waals surface area contributed by atoms with E-state index in [1.165, 1.54) is 32.2 Å². The highest BCUT2D eigenvalue weighted by Crippen LogP contribution is 2.32. The van der Waals surface area contributed by atoms with E-state index in [1.54, 1.807) is 6.92 Å². The van der Waals surface area contributed by atoms with Gasteiger partial charge in [0.2, 0.25) is 5.75 Å². The Labute approximate surface area is 105 Å². The summed E-state index contributed by atoms with van der Waals surface area (Å²) in [5.41, 5.74) is -0.147. The molecule has 6 heteroatoms. The van der Waals surface area contributed by atoms with Crippen LogP contribution in [0.5, 0.6) is 11.5 Å². The Kier molecular flexibility index (Phi) is 4.65. The molecule has 0 heterocycles. The molecule has 0 bridgehead atoms. The molecule has 0 spiro atoms. The van der Waals surface area contributed by atoms with Gasteiger partial charge in [-0.15, -0.1) is 0 Å². The highest BCUT2D eigenvalue weighted by Gasteiger charge is 2.18. The second-order valence-corrected chi connectivity index (χ2v) is 3.93. The lowest BCUT2D eigenvalue weighted by Gasteiger charge is -2.13. The molecule has 1 aromatic carbocycles. The van der Waals surface area contributed by atoms with Crippen LogP contribution in [0.15, 0.2) is 18.2 Å². The summed E-state index contributed by atoms with van der Waals surface area (Å²) in [6, 6.07) is 4.24. The summed E-state index contributed by atoms with van der Waals surface area (Å²) in [5, 5.41) is 10.8. The van der Waals surface area contributed by atoms with Crippen molar-refractivity contribution < 1.29 is 19.2 Å². The second-order valence-electron chi connectivity index (χ2n) is 3.93. The molecule has 0 radical (unpaired) electrons. The third kappa shape index (κ3) is 3.73. The quantitative estimate of drug-likeness (QED) is 0.574. The number of Topliss-reactive ketones (excluding diaryl/α,β-unsaturated/α-hetero) is 1. The largest absolute Gasteiger partial charge is 0.497 e. The first kappa shape index (κ1) is 14.0. The molecule has 0 aliphatic rings. The van der Waals surface area contributed by atoms with Gasteiger partial charge in [-0.2, -0.15) is 0 Å². The molecule has 0 saturated heterocycles. The first-order valence-electron chi connectivity index (χ1n) is 5.42. The van der Waals surface area contributed by atoms with Gasteiger partial charge in [0.15, 0.2) is 0 Å². The van der Waals surface area contributed by atoms with Crippen molar-refractivity contribution in [2.45, 2.75) is 26.4 Å². The van der Waals surface area contributed by atoms with Gasteiger partial charge in [-0.25, -0.2) is 0 Å². The summed E-state index contributed by atoms with van der Waals surface area (Å²) >= 11 is 0. The summed E-state index contributed by atoms with van der Waals surface area (Å²) in [6.07, 6.45) is -0.220. The highest BCUT2D eigenvalue weighted by atomic mass is 16.6. The number of hydrogen-bond acceptors (Lipinski definition) is 5. The van der Waals surface area contributed by atoms with Crippen LogP contribution < -0.4 is 9.47 Å². The average Bonchev–Trinajstić information content (AvgIpc) is 2.27. The third-order valence-corrected chi connectivity index (χ3v) is 2.27. The van der Waals surface area contributed by atoms with E-state index in [9.17, 15) is 14.9 Å². The predicted molar refractivity (Wildman–Crippen MR) is 65.0 cm³/mol. The predicted octanol–water partition coefficient (Wildman–Crippen LogP) is 2.35. The van der Waals surface area contributed by atoms with Crippen molar-refractivity contribution in [2.24, 2.45) is 0 Å². The summed E-state index contributed by atoms with van der Waals surface area (Å²) in [4.78, 5) is 21.3. The number of nitro benzene ring substituents is 1. The Morgan fingerprint density at radius 3 is 2.67 bits per heavy atom. The normalized spacial score (nSPS) is 11.7. The second kappa shape index (κ2) is 6.00. The molecule has 0 amide bonds. The topological polar surface area (TPSA) is 78.7 Å². The first-order valence-corrected chi connectivity index (χ1v) is 5.42. The van der Waals surface area contributed by atoms with Gasteiger partial charge >= 0.3 is 5.69 Å². The van der Waals surface area contributed by atoms with Gasteiger partial charge < -0.3 is 9.47 Å². The molecular weight excluding hydrogens is 238 g/mol. The molecule has 0 saturated carbocycles. The summed E-state index contributed by atoms with van der Waals surface area (Å²) in [5.74, 6) is 0.534. The number of nitro groups is 1. The summed E-state index contributed by atoms with van der Waals surface area (Å²) in [7, 11) is 1.46. The van der Waals surface area contributed by atoms with Crippen molar-refractivity contribution in [3.63, 3.8) is 0 Å². The van der Waals surface area contributed by atoms with Crippen LogP contribution in [0.1, 0.15) is 20.3 Å². The van der Waals surface area contributed by atoms with E-state index >= 15 is 0 Å². The zero-order valence-electron chi connectivity index (χ0n) is 10.5. The van der Waals surface area contributed by atoms with Crippen LogP contribution in [0.3, 0.4) is 0 Å². The maximum atomic E-state index is 10.9. The number of hydrogen-bond donors (Lipinski definition) is 0. The summed E-state index contributed by atoms with van der Waals surface area (Å²) in [6.45, 7) is 3.13. The third-order valence-electron chi connectivity index (χ3n) is 2.27. The zero-order chi connectivity index (χ0) is 13.7. The molecule has 1 aromatic rings. The van der Waals surface area contributed by atoms with Crippen LogP contribution in [0.25, 0.3) is 0 Å². The Balaban J connectivity index is 2.96. The van der Waals surface area contributed by atoms with Crippen molar-refractivity contribution in [2.75, 3.05) is 7.11 Å². The number of ether oxygens (including phenoxy) is 2. The van der Waals surface area contributed by atoms with E-state index < -0.39 is 11.0 Å². The fourth-order valence-corrected chi connectivity index (χ4v) is 1.53.